The van der Waals surface area contributed by atoms with Crippen LogP contribution in [0, 0.1) is 5.92 Å². The number of carbonyl (C=O) groups excluding carboxylic acids is 2. The lowest BCUT2D eigenvalue weighted by Crippen LogP contribution is -2.40. The molecule has 2 heterocycles. The van der Waals surface area contributed by atoms with Crippen molar-refractivity contribution >= 4 is 34.0 Å². The quantitative estimate of drug-likeness (QED) is 0.444. The standard InChI is InChI=1S/C28H31N3O3S/c1-30(26(32)22-10-6-12-23(17-22)34-2)28-29-24(18-35-28)20-13-14-25-21(16-20)11-7-15-31(25)27(33)19-8-4-3-5-9-19/h6,10,12-14,16-19H,3-5,7-9,11,15H2,1-2H3. The molecule has 7 heteroatoms. The van der Waals surface area contributed by atoms with Crippen molar-refractivity contribution in [1.82, 2.24) is 4.98 Å². The van der Waals surface area contributed by atoms with Crippen LogP contribution in [0.2, 0.25) is 0 Å². The molecule has 1 aliphatic heterocycles. The number of anilines is 2. The third-order valence-electron chi connectivity index (χ3n) is 7.11. The highest BCUT2D eigenvalue weighted by atomic mass is 32.1. The summed E-state index contributed by atoms with van der Waals surface area (Å²) >= 11 is 1.45. The second-order valence-corrected chi connectivity index (χ2v) is 10.2. The first-order chi connectivity index (χ1) is 17.0. The molecule has 3 aromatic rings. The lowest BCUT2D eigenvalue weighted by atomic mass is 9.87. The van der Waals surface area contributed by atoms with Crippen LogP contribution in [0.1, 0.15) is 54.4 Å². The molecule has 1 fully saturated rings. The number of benzene rings is 2. The van der Waals surface area contributed by atoms with Gasteiger partial charge in [0.25, 0.3) is 5.91 Å². The minimum Gasteiger partial charge on any atom is -0.497 e. The van der Waals surface area contributed by atoms with Gasteiger partial charge in [-0.1, -0.05) is 31.4 Å². The minimum absolute atomic E-state index is 0.132. The van der Waals surface area contributed by atoms with Gasteiger partial charge in [-0.2, -0.15) is 0 Å². The molecule has 0 saturated heterocycles. The third-order valence-corrected chi connectivity index (χ3v) is 8.03. The highest BCUT2D eigenvalue weighted by molar-refractivity contribution is 7.14. The Labute approximate surface area is 210 Å². The predicted octanol–water partition coefficient (Wildman–Crippen LogP) is 5.95. The lowest BCUT2D eigenvalue weighted by molar-refractivity contribution is -0.123. The van der Waals surface area contributed by atoms with E-state index in [1.807, 2.05) is 28.5 Å². The molecule has 0 unspecified atom stereocenters. The number of methoxy groups -OCH3 is 1. The van der Waals surface area contributed by atoms with Gasteiger partial charge in [0.15, 0.2) is 5.13 Å². The first kappa shape index (κ1) is 23.5. The molecular weight excluding hydrogens is 458 g/mol. The molecule has 0 radical (unpaired) electrons. The van der Waals surface area contributed by atoms with E-state index >= 15 is 0 Å². The molecular formula is C28H31N3O3S. The highest BCUT2D eigenvalue weighted by Crippen LogP contribution is 2.36. The third kappa shape index (κ3) is 4.82. The van der Waals surface area contributed by atoms with E-state index in [1.54, 1.807) is 31.2 Å². The summed E-state index contributed by atoms with van der Waals surface area (Å²) in [6.45, 7) is 0.805. The molecule has 6 nitrogen and oxygen atoms in total. The van der Waals surface area contributed by atoms with E-state index in [4.69, 9.17) is 9.72 Å². The zero-order valence-electron chi connectivity index (χ0n) is 20.3. The fourth-order valence-corrected chi connectivity index (χ4v) is 5.94. The number of nitrogens with zero attached hydrogens (tertiary/aromatic N) is 3. The maximum absolute atomic E-state index is 13.2. The SMILES string of the molecule is COc1cccc(C(=O)N(C)c2nc(-c3ccc4c(c3)CCCN4C(=O)C3CCCCC3)cs2)c1. The Bertz CT molecular complexity index is 1230. The summed E-state index contributed by atoms with van der Waals surface area (Å²) in [5.74, 6) is 0.987. The van der Waals surface area contributed by atoms with Crippen LogP contribution in [0.5, 0.6) is 5.75 Å². The van der Waals surface area contributed by atoms with Gasteiger partial charge in [-0.15, -0.1) is 11.3 Å². The largest absolute Gasteiger partial charge is 0.497 e. The van der Waals surface area contributed by atoms with Gasteiger partial charge >= 0.3 is 0 Å². The van der Waals surface area contributed by atoms with Crippen LogP contribution in [0.15, 0.2) is 47.8 Å². The van der Waals surface area contributed by atoms with Gasteiger partial charge < -0.3 is 9.64 Å². The van der Waals surface area contributed by atoms with Crippen LogP contribution in [0.4, 0.5) is 10.8 Å². The number of aryl methyl sites for hydroxylation is 1. The lowest BCUT2D eigenvalue weighted by Gasteiger charge is -2.33. The van der Waals surface area contributed by atoms with Crippen LogP contribution in [0.25, 0.3) is 11.3 Å². The van der Waals surface area contributed by atoms with Crippen molar-refractivity contribution in [2.75, 3.05) is 30.5 Å². The maximum Gasteiger partial charge on any atom is 0.259 e. The molecule has 5 rings (SSSR count). The number of thiazole rings is 1. The molecule has 0 bridgehead atoms. The molecule has 2 aromatic carbocycles. The normalized spacial score (nSPS) is 16.0. The maximum atomic E-state index is 13.2. The molecule has 35 heavy (non-hydrogen) atoms. The summed E-state index contributed by atoms with van der Waals surface area (Å²) < 4.78 is 5.25. The predicted molar refractivity (Wildman–Crippen MR) is 141 cm³/mol. The number of hydrogen-bond acceptors (Lipinski definition) is 5. The van der Waals surface area contributed by atoms with Crippen molar-refractivity contribution in [3.8, 4) is 17.0 Å². The van der Waals surface area contributed by atoms with Crippen LogP contribution in [-0.4, -0.2) is 37.5 Å². The summed E-state index contributed by atoms with van der Waals surface area (Å²) in [5.41, 5.74) is 4.67. The van der Waals surface area contributed by atoms with Crippen LogP contribution >= 0.6 is 11.3 Å². The molecule has 1 aliphatic carbocycles. The first-order valence-corrected chi connectivity index (χ1v) is 13.3. The minimum atomic E-state index is -0.132. The monoisotopic (exact) mass is 489 g/mol. The van der Waals surface area contributed by atoms with Gasteiger partial charge in [-0.3, -0.25) is 14.5 Å². The van der Waals surface area contributed by atoms with Crippen LogP contribution < -0.4 is 14.5 Å². The number of hydrogen-bond donors (Lipinski definition) is 0. The van der Waals surface area contributed by atoms with E-state index in [0.717, 1.165) is 62.0 Å². The molecule has 0 spiro atoms. The molecule has 0 N–H and O–H groups in total. The van der Waals surface area contributed by atoms with E-state index in [2.05, 4.69) is 12.1 Å². The van der Waals surface area contributed by atoms with Crippen LogP contribution in [-0.2, 0) is 11.2 Å². The second kappa shape index (κ2) is 10.2. The topological polar surface area (TPSA) is 62.7 Å². The van der Waals surface area contributed by atoms with Crippen molar-refractivity contribution in [2.45, 2.75) is 44.9 Å². The number of rotatable bonds is 5. The summed E-state index contributed by atoms with van der Waals surface area (Å²) in [4.78, 5) is 34.6. The summed E-state index contributed by atoms with van der Waals surface area (Å²) in [7, 11) is 3.33. The van der Waals surface area contributed by atoms with Crippen molar-refractivity contribution in [1.29, 1.82) is 0 Å². The van der Waals surface area contributed by atoms with E-state index in [1.165, 1.54) is 23.3 Å². The van der Waals surface area contributed by atoms with Crippen molar-refractivity contribution < 1.29 is 14.3 Å². The highest BCUT2D eigenvalue weighted by Gasteiger charge is 2.30. The average molecular weight is 490 g/mol. The fraction of sp³-hybridized carbons (Fsp3) is 0.393. The average Bonchev–Trinajstić information content (AvgIpc) is 3.42. The molecule has 1 saturated carbocycles. The summed E-state index contributed by atoms with van der Waals surface area (Å²) in [5, 5.41) is 2.62. The fourth-order valence-electron chi connectivity index (χ4n) is 5.14. The Morgan fingerprint density at radius 1 is 1.09 bits per heavy atom. The molecule has 1 aromatic heterocycles. The number of fused-ring (bicyclic) bond motifs is 1. The second-order valence-electron chi connectivity index (χ2n) is 9.38. The number of carbonyl (C=O) groups is 2. The molecule has 182 valence electrons. The Hall–Kier alpha value is -3.19. The summed E-state index contributed by atoms with van der Waals surface area (Å²) in [6, 6.07) is 13.4. The van der Waals surface area contributed by atoms with Crippen molar-refractivity contribution in [3.63, 3.8) is 0 Å². The Morgan fingerprint density at radius 3 is 2.71 bits per heavy atom. The van der Waals surface area contributed by atoms with Gasteiger partial charge in [0.05, 0.1) is 12.8 Å². The van der Waals surface area contributed by atoms with E-state index in [0.29, 0.717) is 22.4 Å². The Kier molecular flexibility index (Phi) is 6.86. The van der Waals surface area contributed by atoms with Gasteiger partial charge in [0, 0.05) is 41.7 Å². The van der Waals surface area contributed by atoms with Gasteiger partial charge in [-0.05, 0) is 61.6 Å². The van der Waals surface area contributed by atoms with Gasteiger partial charge in [0.2, 0.25) is 5.91 Å². The number of ether oxygens (including phenoxy) is 1. The van der Waals surface area contributed by atoms with Gasteiger partial charge in [0.1, 0.15) is 5.75 Å². The van der Waals surface area contributed by atoms with E-state index < -0.39 is 0 Å². The Balaban J connectivity index is 1.35. The van der Waals surface area contributed by atoms with Crippen molar-refractivity contribution in [3.05, 3.63) is 59.0 Å². The van der Waals surface area contributed by atoms with E-state index in [9.17, 15) is 9.59 Å². The van der Waals surface area contributed by atoms with Gasteiger partial charge in [-0.25, -0.2) is 4.98 Å². The first-order valence-electron chi connectivity index (χ1n) is 12.4. The number of amides is 2. The number of aromatic nitrogens is 1. The smallest absolute Gasteiger partial charge is 0.259 e. The zero-order valence-corrected chi connectivity index (χ0v) is 21.1. The Morgan fingerprint density at radius 2 is 1.91 bits per heavy atom. The zero-order chi connectivity index (χ0) is 24.4. The van der Waals surface area contributed by atoms with Crippen molar-refractivity contribution in [2.24, 2.45) is 5.92 Å². The molecule has 0 atom stereocenters. The molecule has 2 aliphatic rings. The van der Waals surface area contributed by atoms with Crippen LogP contribution in [0.3, 0.4) is 0 Å². The van der Waals surface area contributed by atoms with E-state index in [-0.39, 0.29) is 11.8 Å². The summed E-state index contributed by atoms with van der Waals surface area (Å²) in [6.07, 6.45) is 7.56. The molecule has 2 amide bonds.